The van der Waals surface area contributed by atoms with Gasteiger partial charge in [0.25, 0.3) is 5.91 Å². The van der Waals surface area contributed by atoms with E-state index in [1.807, 2.05) is 0 Å². The molecule has 0 aliphatic carbocycles. The molecular weight excluding hydrogens is 324 g/mol. The van der Waals surface area contributed by atoms with Crippen molar-refractivity contribution in [1.29, 1.82) is 0 Å². The third-order valence-corrected chi connectivity index (χ3v) is 5.27. The van der Waals surface area contributed by atoms with Gasteiger partial charge >= 0.3 is 0 Å². The molecule has 1 aromatic rings. The van der Waals surface area contributed by atoms with Gasteiger partial charge in [0.2, 0.25) is 0 Å². The van der Waals surface area contributed by atoms with E-state index in [9.17, 15) is 13.6 Å². The van der Waals surface area contributed by atoms with Gasteiger partial charge in [-0.3, -0.25) is 9.69 Å². The molecule has 0 radical (unpaired) electrons. The second-order valence-electron chi connectivity index (χ2n) is 7.26. The number of halogens is 2. The van der Waals surface area contributed by atoms with E-state index in [4.69, 9.17) is 0 Å². The number of hydrogen-bond donors (Lipinski definition) is 0. The second-order valence-corrected chi connectivity index (χ2v) is 7.26. The minimum atomic E-state index is -0.640. The monoisotopic (exact) mass is 351 g/mol. The average molecular weight is 351 g/mol. The molecule has 0 atom stereocenters. The number of carbonyl (C=O) groups excluding carboxylic acids is 1. The zero-order chi connectivity index (χ0) is 18.0. The summed E-state index contributed by atoms with van der Waals surface area (Å²) < 4.78 is 29.2. The zero-order valence-electron chi connectivity index (χ0n) is 15.1. The zero-order valence-corrected chi connectivity index (χ0v) is 15.1. The van der Waals surface area contributed by atoms with Crippen LogP contribution in [-0.4, -0.2) is 61.0 Å². The van der Waals surface area contributed by atoms with Crippen molar-refractivity contribution in [2.75, 3.05) is 44.2 Å². The number of hydrogen-bond acceptors (Lipinski definition) is 3. The number of amides is 1. The maximum atomic E-state index is 14.6. The summed E-state index contributed by atoms with van der Waals surface area (Å²) in [6, 6.07) is 2.83. The molecule has 25 heavy (non-hydrogen) atoms. The van der Waals surface area contributed by atoms with Crippen molar-refractivity contribution in [1.82, 2.24) is 9.80 Å². The molecule has 3 rings (SSSR count). The third-order valence-electron chi connectivity index (χ3n) is 5.27. The van der Waals surface area contributed by atoms with Crippen molar-refractivity contribution < 1.29 is 13.6 Å². The highest BCUT2D eigenvalue weighted by Gasteiger charge is 2.26. The van der Waals surface area contributed by atoms with Crippen LogP contribution in [0.5, 0.6) is 0 Å². The first-order valence-electron chi connectivity index (χ1n) is 9.24. The minimum absolute atomic E-state index is 0.00130. The number of piperidine rings is 1. The largest absolute Gasteiger partial charge is 0.364 e. The molecule has 2 aliphatic rings. The van der Waals surface area contributed by atoms with Crippen LogP contribution in [0.25, 0.3) is 0 Å². The van der Waals surface area contributed by atoms with Gasteiger partial charge in [-0.1, -0.05) is 0 Å². The second kappa shape index (κ2) is 7.68. The Hall–Kier alpha value is -1.69. The molecule has 4 nitrogen and oxygen atoms in total. The quantitative estimate of drug-likeness (QED) is 0.837. The minimum Gasteiger partial charge on any atom is -0.364 e. The molecule has 0 N–H and O–H groups in total. The lowest BCUT2D eigenvalue weighted by molar-refractivity contribution is 0.0723. The molecule has 6 heteroatoms. The van der Waals surface area contributed by atoms with E-state index < -0.39 is 11.6 Å². The number of likely N-dealkylation sites (tertiary alicyclic amines) is 1. The van der Waals surface area contributed by atoms with Crippen LogP contribution in [0, 0.1) is 11.6 Å². The van der Waals surface area contributed by atoms with Crippen LogP contribution in [0.4, 0.5) is 14.5 Å². The molecule has 0 saturated carbocycles. The Morgan fingerprint density at radius 2 is 1.48 bits per heavy atom. The van der Waals surface area contributed by atoms with E-state index >= 15 is 0 Å². The summed E-state index contributed by atoms with van der Waals surface area (Å²) in [6.07, 6.45) is 3.01. The van der Waals surface area contributed by atoms with Crippen LogP contribution < -0.4 is 4.90 Å². The fourth-order valence-electron chi connectivity index (χ4n) is 3.73. The first kappa shape index (κ1) is 18.1. The molecule has 138 valence electrons. The Labute approximate surface area is 148 Å². The summed E-state index contributed by atoms with van der Waals surface area (Å²) in [5.41, 5.74) is 0.111. The summed E-state index contributed by atoms with van der Waals surface area (Å²) in [6.45, 7) is 8.32. The van der Waals surface area contributed by atoms with E-state index in [-0.39, 0.29) is 17.2 Å². The number of benzene rings is 1. The topological polar surface area (TPSA) is 26.8 Å². The van der Waals surface area contributed by atoms with Gasteiger partial charge in [-0.25, -0.2) is 8.78 Å². The third kappa shape index (κ3) is 3.94. The highest BCUT2D eigenvalue weighted by molar-refractivity contribution is 5.94. The highest BCUT2D eigenvalue weighted by atomic mass is 19.1. The summed E-state index contributed by atoms with van der Waals surface area (Å²) in [7, 11) is 0. The Kier molecular flexibility index (Phi) is 5.57. The van der Waals surface area contributed by atoms with Crippen LogP contribution in [0.2, 0.25) is 0 Å². The average Bonchev–Trinajstić information content (AvgIpc) is 2.61. The van der Waals surface area contributed by atoms with Gasteiger partial charge in [-0.2, -0.15) is 0 Å². The number of carbonyl (C=O) groups is 1. The Balaban J connectivity index is 1.75. The van der Waals surface area contributed by atoms with Crippen molar-refractivity contribution in [2.24, 2.45) is 0 Å². The van der Waals surface area contributed by atoms with E-state index in [0.717, 1.165) is 32.4 Å². The SMILES string of the molecule is CC(C)N1CCN(c2c(F)cc(C(=O)N3CCCCC3)cc2F)CC1. The first-order valence-corrected chi connectivity index (χ1v) is 9.24. The van der Waals surface area contributed by atoms with Crippen molar-refractivity contribution in [2.45, 2.75) is 39.2 Å². The van der Waals surface area contributed by atoms with Crippen LogP contribution >= 0.6 is 0 Å². The molecule has 2 aliphatic heterocycles. The lowest BCUT2D eigenvalue weighted by Gasteiger charge is -2.38. The van der Waals surface area contributed by atoms with Crippen molar-refractivity contribution in [3.05, 3.63) is 29.3 Å². The van der Waals surface area contributed by atoms with E-state index in [0.29, 0.717) is 32.2 Å². The van der Waals surface area contributed by atoms with Crippen LogP contribution in [-0.2, 0) is 0 Å². The summed E-state index contributed by atoms with van der Waals surface area (Å²) in [5, 5.41) is 0. The molecule has 0 aromatic heterocycles. The van der Waals surface area contributed by atoms with Gasteiger partial charge in [-0.15, -0.1) is 0 Å². The van der Waals surface area contributed by atoms with E-state index in [2.05, 4.69) is 18.7 Å². The molecule has 2 saturated heterocycles. The standard InChI is InChI=1S/C19H27F2N3O/c1-14(2)22-8-10-23(11-9-22)18-16(20)12-15(13-17(18)21)19(25)24-6-4-3-5-7-24/h12-14H,3-11H2,1-2H3. The molecule has 0 bridgehead atoms. The maximum absolute atomic E-state index is 14.6. The smallest absolute Gasteiger partial charge is 0.254 e. The van der Waals surface area contributed by atoms with E-state index in [1.54, 1.807) is 9.80 Å². The molecule has 1 aromatic carbocycles. The Morgan fingerprint density at radius 1 is 0.920 bits per heavy atom. The summed E-state index contributed by atoms with van der Waals surface area (Å²) >= 11 is 0. The van der Waals surface area contributed by atoms with Gasteiger partial charge in [0.05, 0.1) is 0 Å². The molecule has 0 unspecified atom stereocenters. The van der Waals surface area contributed by atoms with Gasteiger partial charge in [0, 0.05) is 50.9 Å². The van der Waals surface area contributed by atoms with Crippen molar-refractivity contribution in [3.63, 3.8) is 0 Å². The van der Waals surface area contributed by atoms with Crippen LogP contribution in [0.3, 0.4) is 0 Å². The van der Waals surface area contributed by atoms with Gasteiger partial charge in [-0.05, 0) is 45.2 Å². The normalized spacial score (nSPS) is 19.6. The predicted molar refractivity (Wildman–Crippen MR) is 95.0 cm³/mol. The number of piperazine rings is 1. The predicted octanol–water partition coefficient (Wildman–Crippen LogP) is 3.12. The molecule has 1 amide bonds. The maximum Gasteiger partial charge on any atom is 0.254 e. The Morgan fingerprint density at radius 3 is 2.00 bits per heavy atom. The van der Waals surface area contributed by atoms with Crippen molar-refractivity contribution in [3.8, 4) is 0 Å². The fraction of sp³-hybridized carbons (Fsp3) is 0.632. The highest BCUT2D eigenvalue weighted by Crippen LogP contribution is 2.27. The fourth-order valence-corrected chi connectivity index (χ4v) is 3.73. The lowest BCUT2D eigenvalue weighted by atomic mass is 10.1. The van der Waals surface area contributed by atoms with Crippen LogP contribution in [0.1, 0.15) is 43.5 Å². The van der Waals surface area contributed by atoms with Crippen LogP contribution in [0.15, 0.2) is 12.1 Å². The van der Waals surface area contributed by atoms with E-state index in [1.165, 1.54) is 12.1 Å². The van der Waals surface area contributed by atoms with Gasteiger partial charge in [0.1, 0.15) is 17.3 Å². The van der Waals surface area contributed by atoms with Crippen molar-refractivity contribution >= 4 is 11.6 Å². The number of rotatable bonds is 3. The molecule has 0 spiro atoms. The summed E-state index contributed by atoms with van der Waals surface area (Å²) in [4.78, 5) is 18.2. The van der Waals surface area contributed by atoms with Gasteiger partial charge in [0.15, 0.2) is 0 Å². The molecule has 2 heterocycles. The summed E-state index contributed by atoms with van der Waals surface area (Å²) in [5.74, 6) is -1.55. The number of anilines is 1. The molecular formula is C19H27F2N3O. The van der Waals surface area contributed by atoms with Gasteiger partial charge < -0.3 is 9.80 Å². The Bertz CT molecular complexity index is 598. The first-order chi connectivity index (χ1) is 12.0. The lowest BCUT2D eigenvalue weighted by Crippen LogP contribution is -2.49. The molecule has 2 fully saturated rings. The number of nitrogens with zero attached hydrogens (tertiary/aromatic N) is 3.